The van der Waals surface area contributed by atoms with Crippen LogP contribution in [-0.2, 0) is 19.6 Å². The number of Topliss-reactive ketones (excluding diaryl/α,β-unsaturated/α-hetero) is 1. The normalized spacial score (nSPS) is 19.9. The van der Waals surface area contributed by atoms with Crippen molar-refractivity contribution >= 4 is 43.9 Å². The second-order valence-corrected chi connectivity index (χ2v) is 12.4. The Balaban J connectivity index is 1.32. The number of nitrogens with one attached hydrogen (secondary N) is 1. The summed E-state index contributed by atoms with van der Waals surface area (Å²) in [5, 5.41) is 2.18. The van der Waals surface area contributed by atoms with Gasteiger partial charge in [0.2, 0.25) is 5.91 Å². The first kappa shape index (κ1) is 28.4. The van der Waals surface area contributed by atoms with Crippen LogP contribution in [0.15, 0.2) is 53.1 Å². The van der Waals surface area contributed by atoms with E-state index in [1.165, 1.54) is 23.2 Å². The third-order valence-corrected chi connectivity index (χ3v) is 9.06. The average molecular weight is 583 g/mol. The number of ketones is 1. The minimum Gasteiger partial charge on any atom is -0.425 e. The standard InChI is InChI=1S/C28H30N4O8S/c1-16(2)14-20(30-28(36)40-27-17(3)18-8-4-5-10-23(18)39-27)25(34)31-13-11-21-24(31)22(33)15-32(21)41(37,38)26(35)19-9-6-7-12-29-19/h4-10,12,16,20-21,24H,11,13-15H2,1-3H3,(H,30,36). The maximum absolute atomic E-state index is 13.7. The number of para-hydroxylation sites is 1. The molecule has 4 heterocycles. The summed E-state index contributed by atoms with van der Waals surface area (Å²) >= 11 is 0. The van der Waals surface area contributed by atoms with Crippen LogP contribution in [0.25, 0.3) is 11.0 Å². The minimum atomic E-state index is -4.56. The van der Waals surface area contributed by atoms with E-state index >= 15 is 0 Å². The van der Waals surface area contributed by atoms with Gasteiger partial charge in [0.15, 0.2) is 5.78 Å². The summed E-state index contributed by atoms with van der Waals surface area (Å²) in [4.78, 5) is 57.6. The van der Waals surface area contributed by atoms with Crippen LogP contribution in [0, 0.1) is 12.8 Å². The van der Waals surface area contributed by atoms with Gasteiger partial charge in [-0.15, -0.1) is 0 Å². The molecule has 0 aliphatic carbocycles. The van der Waals surface area contributed by atoms with E-state index in [-0.39, 0.29) is 36.9 Å². The summed E-state index contributed by atoms with van der Waals surface area (Å²) in [6.45, 7) is 5.05. The van der Waals surface area contributed by atoms with E-state index in [1.807, 2.05) is 26.0 Å². The number of amides is 2. The Bertz CT molecular complexity index is 1620. The molecule has 41 heavy (non-hydrogen) atoms. The lowest BCUT2D eigenvalue weighted by Crippen LogP contribution is -2.53. The minimum absolute atomic E-state index is 0.00470. The molecule has 12 nitrogen and oxygen atoms in total. The molecule has 13 heteroatoms. The second kappa shape index (κ2) is 11.1. The fourth-order valence-electron chi connectivity index (χ4n) is 5.46. The molecule has 0 saturated carbocycles. The molecule has 2 aromatic heterocycles. The highest BCUT2D eigenvalue weighted by Crippen LogP contribution is 2.34. The Hall–Kier alpha value is -4.10. The molecule has 216 valence electrons. The number of aryl methyl sites for hydroxylation is 1. The number of carbonyl (C=O) groups excluding carboxylic acids is 4. The number of carbonyl (C=O) groups is 4. The lowest BCUT2D eigenvalue weighted by molar-refractivity contribution is -0.138. The number of fused-ring (bicyclic) bond motifs is 2. The Kier molecular flexibility index (Phi) is 7.66. The first-order chi connectivity index (χ1) is 19.5. The quantitative estimate of drug-likeness (QED) is 0.442. The number of rotatable bonds is 7. The lowest BCUT2D eigenvalue weighted by Gasteiger charge is -2.28. The molecule has 3 unspecified atom stereocenters. The van der Waals surface area contributed by atoms with Crippen LogP contribution in [0.2, 0.25) is 0 Å². The highest BCUT2D eigenvalue weighted by molar-refractivity contribution is 8.04. The summed E-state index contributed by atoms with van der Waals surface area (Å²) in [5.74, 6) is -1.04. The second-order valence-electron chi connectivity index (χ2n) is 10.6. The first-order valence-electron chi connectivity index (χ1n) is 13.3. The molecule has 0 radical (unpaired) electrons. The van der Waals surface area contributed by atoms with Crippen molar-refractivity contribution < 1.29 is 36.7 Å². The maximum atomic E-state index is 13.7. The van der Waals surface area contributed by atoms with E-state index < -0.39 is 57.6 Å². The van der Waals surface area contributed by atoms with Crippen molar-refractivity contribution in [2.45, 2.75) is 51.7 Å². The Morgan fingerprint density at radius 1 is 1.15 bits per heavy atom. The zero-order valence-corrected chi connectivity index (χ0v) is 23.6. The molecule has 0 spiro atoms. The molecule has 3 atom stereocenters. The van der Waals surface area contributed by atoms with E-state index in [1.54, 1.807) is 25.1 Å². The van der Waals surface area contributed by atoms with Gasteiger partial charge in [0, 0.05) is 23.7 Å². The fraction of sp³-hybridized carbons (Fsp3) is 0.393. The van der Waals surface area contributed by atoms with Crippen LogP contribution >= 0.6 is 0 Å². The Labute approximate surface area is 236 Å². The lowest BCUT2D eigenvalue weighted by atomic mass is 10.0. The van der Waals surface area contributed by atoms with Gasteiger partial charge in [0.05, 0.1) is 12.6 Å². The van der Waals surface area contributed by atoms with Gasteiger partial charge >= 0.3 is 11.2 Å². The smallest absolute Gasteiger partial charge is 0.415 e. The third-order valence-electron chi connectivity index (χ3n) is 7.36. The molecule has 2 aliphatic rings. The number of likely N-dealkylation sites (tertiary alicyclic amines) is 1. The highest BCUT2D eigenvalue weighted by atomic mass is 32.2. The number of hydrogen-bond donors (Lipinski definition) is 1. The third kappa shape index (κ3) is 5.34. The Morgan fingerprint density at radius 2 is 1.88 bits per heavy atom. The predicted molar refractivity (Wildman–Crippen MR) is 146 cm³/mol. The van der Waals surface area contributed by atoms with Gasteiger partial charge in [-0.1, -0.05) is 38.1 Å². The molecule has 1 aromatic carbocycles. The van der Waals surface area contributed by atoms with Gasteiger partial charge in [-0.2, -0.15) is 4.31 Å². The summed E-state index contributed by atoms with van der Waals surface area (Å²) in [6, 6.07) is 8.52. The van der Waals surface area contributed by atoms with Crippen LogP contribution in [-0.4, -0.2) is 76.7 Å². The molecule has 3 aromatic rings. The van der Waals surface area contributed by atoms with E-state index in [9.17, 15) is 27.6 Å². The average Bonchev–Trinajstić information content (AvgIpc) is 3.61. The molecule has 2 amide bonds. The number of ether oxygens (including phenoxy) is 1. The highest BCUT2D eigenvalue weighted by Gasteiger charge is 2.55. The summed E-state index contributed by atoms with van der Waals surface area (Å²) in [7, 11) is -4.56. The number of nitrogens with zero attached hydrogens (tertiary/aromatic N) is 3. The molecular weight excluding hydrogens is 552 g/mol. The summed E-state index contributed by atoms with van der Waals surface area (Å²) in [6.07, 6.45) is 0.812. The maximum Gasteiger partial charge on any atom is 0.415 e. The van der Waals surface area contributed by atoms with Gasteiger partial charge in [-0.3, -0.25) is 19.4 Å². The van der Waals surface area contributed by atoms with Crippen molar-refractivity contribution in [1.82, 2.24) is 19.5 Å². The molecular formula is C28H30N4O8S. The summed E-state index contributed by atoms with van der Waals surface area (Å²) in [5.41, 5.74) is 0.920. The van der Waals surface area contributed by atoms with Crippen molar-refractivity contribution in [3.05, 3.63) is 59.9 Å². The van der Waals surface area contributed by atoms with Crippen LogP contribution < -0.4 is 10.1 Å². The van der Waals surface area contributed by atoms with Crippen molar-refractivity contribution in [1.29, 1.82) is 0 Å². The fourth-order valence-corrected chi connectivity index (χ4v) is 6.93. The summed E-state index contributed by atoms with van der Waals surface area (Å²) < 4.78 is 38.3. The van der Waals surface area contributed by atoms with Gasteiger partial charge in [0.1, 0.15) is 23.4 Å². The topological polar surface area (TPSA) is 156 Å². The van der Waals surface area contributed by atoms with Crippen molar-refractivity contribution in [2.75, 3.05) is 13.1 Å². The van der Waals surface area contributed by atoms with Gasteiger partial charge in [-0.05, 0) is 43.9 Å². The molecule has 2 fully saturated rings. The molecule has 1 N–H and O–H groups in total. The van der Waals surface area contributed by atoms with Gasteiger partial charge in [0.25, 0.3) is 16.0 Å². The number of aromatic nitrogens is 1. The number of pyridine rings is 1. The SMILES string of the molecule is Cc1c(OC(=O)NC(CC(C)C)C(=O)N2CCC3C2C(=O)CN3S(=O)(=O)C(=O)c2ccccn2)oc2ccccc12. The van der Waals surface area contributed by atoms with E-state index in [4.69, 9.17) is 9.15 Å². The first-order valence-corrected chi connectivity index (χ1v) is 14.7. The van der Waals surface area contributed by atoms with E-state index in [2.05, 4.69) is 10.3 Å². The van der Waals surface area contributed by atoms with Gasteiger partial charge < -0.3 is 19.4 Å². The molecule has 0 bridgehead atoms. The largest absolute Gasteiger partial charge is 0.425 e. The van der Waals surface area contributed by atoms with Crippen LogP contribution in [0.4, 0.5) is 4.79 Å². The predicted octanol–water partition coefficient (Wildman–Crippen LogP) is 2.66. The number of furan rings is 1. The number of hydrogen-bond acceptors (Lipinski definition) is 9. The zero-order chi connectivity index (χ0) is 29.5. The van der Waals surface area contributed by atoms with Crippen molar-refractivity contribution in [3.8, 4) is 5.95 Å². The molecule has 5 rings (SSSR count). The number of sulfonamides is 1. The van der Waals surface area contributed by atoms with Crippen molar-refractivity contribution in [2.24, 2.45) is 5.92 Å². The van der Waals surface area contributed by atoms with Crippen molar-refractivity contribution in [3.63, 3.8) is 0 Å². The zero-order valence-electron chi connectivity index (χ0n) is 22.8. The van der Waals surface area contributed by atoms with E-state index in [0.717, 1.165) is 9.69 Å². The number of benzene rings is 1. The Morgan fingerprint density at radius 3 is 2.56 bits per heavy atom. The van der Waals surface area contributed by atoms with Crippen LogP contribution in [0.3, 0.4) is 0 Å². The van der Waals surface area contributed by atoms with Crippen LogP contribution in [0.5, 0.6) is 5.95 Å². The van der Waals surface area contributed by atoms with E-state index in [0.29, 0.717) is 11.1 Å². The molecule has 2 saturated heterocycles. The molecule has 2 aliphatic heterocycles. The van der Waals surface area contributed by atoms with Crippen LogP contribution in [0.1, 0.15) is 42.7 Å². The van der Waals surface area contributed by atoms with Gasteiger partial charge in [-0.25, -0.2) is 13.2 Å². The monoisotopic (exact) mass is 582 g/mol.